The molecular weight excluding hydrogens is 430 g/mol. The summed E-state index contributed by atoms with van der Waals surface area (Å²) < 4.78 is 21.7. The van der Waals surface area contributed by atoms with Gasteiger partial charge in [0.2, 0.25) is 0 Å². The molecule has 0 fully saturated rings. The normalized spacial score (nSPS) is 10.4. The highest BCUT2D eigenvalue weighted by Gasteiger charge is 2.04. The molecule has 0 aliphatic carbocycles. The molecule has 6 nitrogen and oxygen atoms in total. The molecule has 0 spiro atoms. The summed E-state index contributed by atoms with van der Waals surface area (Å²) in [6.45, 7) is 3.61. The van der Waals surface area contributed by atoms with E-state index in [4.69, 9.17) is 18.9 Å². The van der Waals surface area contributed by atoms with E-state index in [2.05, 4.69) is 17.4 Å². The van der Waals surface area contributed by atoms with E-state index in [9.17, 15) is 4.79 Å². The Kier molecular flexibility index (Phi) is 10.1. The molecular formula is C28H33NO5. The van der Waals surface area contributed by atoms with Crippen molar-refractivity contribution < 1.29 is 23.7 Å². The van der Waals surface area contributed by atoms with Gasteiger partial charge in [-0.25, -0.2) is 4.79 Å². The van der Waals surface area contributed by atoms with E-state index in [-0.39, 0.29) is 0 Å². The number of benzene rings is 3. The first-order chi connectivity index (χ1) is 16.7. The Morgan fingerprint density at radius 3 is 1.79 bits per heavy atom. The van der Waals surface area contributed by atoms with Gasteiger partial charge in [-0.1, -0.05) is 24.3 Å². The summed E-state index contributed by atoms with van der Waals surface area (Å²) in [6.07, 6.45) is 3.35. The Hall–Kier alpha value is -3.67. The van der Waals surface area contributed by atoms with Gasteiger partial charge < -0.3 is 18.9 Å². The maximum atomic E-state index is 11.9. The molecule has 0 saturated carbocycles. The van der Waals surface area contributed by atoms with E-state index < -0.39 is 6.09 Å². The first kappa shape index (κ1) is 25.0. The quantitative estimate of drug-likeness (QED) is 0.278. The van der Waals surface area contributed by atoms with E-state index in [0.717, 1.165) is 54.1 Å². The van der Waals surface area contributed by atoms with Crippen molar-refractivity contribution in [3.8, 4) is 28.4 Å². The van der Waals surface area contributed by atoms with Gasteiger partial charge in [-0.3, -0.25) is 5.32 Å². The largest absolute Gasteiger partial charge is 0.497 e. The van der Waals surface area contributed by atoms with Gasteiger partial charge in [0.1, 0.15) is 17.2 Å². The molecule has 0 heterocycles. The lowest BCUT2D eigenvalue weighted by Crippen LogP contribution is -2.14. The number of methoxy groups -OCH3 is 1. The molecule has 0 unspecified atom stereocenters. The van der Waals surface area contributed by atoms with Crippen LogP contribution < -0.4 is 19.5 Å². The molecule has 3 aromatic carbocycles. The fraction of sp³-hybridized carbons (Fsp3) is 0.321. The van der Waals surface area contributed by atoms with E-state index >= 15 is 0 Å². The zero-order chi connectivity index (χ0) is 24.0. The van der Waals surface area contributed by atoms with Gasteiger partial charge in [0, 0.05) is 5.69 Å². The maximum absolute atomic E-state index is 11.9. The SMILES string of the molecule is CCOc1ccc(NC(=O)OCCCCCCOc2ccc(-c3ccc(OC)cc3)cc2)cc1. The van der Waals surface area contributed by atoms with E-state index in [1.807, 2.05) is 55.5 Å². The molecule has 6 heteroatoms. The Morgan fingerprint density at radius 1 is 0.676 bits per heavy atom. The van der Waals surface area contributed by atoms with Gasteiger partial charge in [-0.15, -0.1) is 0 Å². The maximum Gasteiger partial charge on any atom is 0.411 e. The second-order valence-electron chi connectivity index (χ2n) is 7.73. The fourth-order valence-corrected chi connectivity index (χ4v) is 3.39. The second kappa shape index (κ2) is 13.8. The van der Waals surface area contributed by atoms with Crippen LogP contribution in [-0.2, 0) is 4.74 Å². The number of anilines is 1. The van der Waals surface area contributed by atoms with E-state index in [1.165, 1.54) is 0 Å². The second-order valence-corrected chi connectivity index (χ2v) is 7.73. The first-order valence-corrected chi connectivity index (χ1v) is 11.7. The zero-order valence-corrected chi connectivity index (χ0v) is 19.9. The zero-order valence-electron chi connectivity index (χ0n) is 19.9. The van der Waals surface area contributed by atoms with Crippen molar-refractivity contribution in [3.05, 3.63) is 72.8 Å². The summed E-state index contributed by atoms with van der Waals surface area (Å²) in [5, 5.41) is 2.72. The summed E-state index contributed by atoms with van der Waals surface area (Å²) in [7, 11) is 1.67. The van der Waals surface area contributed by atoms with Gasteiger partial charge in [-0.2, -0.15) is 0 Å². The van der Waals surface area contributed by atoms with Crippen molar-refractivity contribution in [1.29, 1.82) is 0 Å². The number of rotatable bonds is 13. The number of nitrogens with one attached hydrogen (secondary N) is 1. The van der Waals surface area contributed by atoms with Gasteiger partial charge >= 0.3 is 6.09 Å². The summed E-state index contributed by atoms with van der Waals surface area (Å²) in [5.41, 5.74) is 2.96. The summed E-state index contributed by atoms with van der Waals surface area (Å²) in [6, 6.07) is 23.3. The molecule has 34 heavy (non-hydrogen) atoms. The van der Waals surface area contributed by atoms with Crippen LogP contribution in [0.2, 0.25) is 0 Å². The van der Waals surface area contributed by atoms with Crippen LogP contribution in [0.15, 0.2) is 72.8 Å². The third kappa shape index (κ3) is 8.35. The lowest BCUT2D eigenvalue weighted by Gasteiger charge is -2.09. The number of hydrogen-bond acceptors (Lipinski definition) is 5. The molecule has 3 aromatic rings. The van der Waals surface area contributed by atoms with Crippen molar-refractivity contribution >= 4 is 11.8 Å². The number of amides is 1. The highest BCUT2D eigenvalue weighted by Crippen LogP contribution is 2.24. The van der Waals surface area contributed by atoms with Crippen molar-refractivity contribution in [2.75, 3.05) is 32.2 Å². The van der Waals surface area contributed by atoms with Crippen molar-refractivity contribution in [2.24, 2.45) is 0 Å². The van der Waals surface area contributed by atoms with Crippen LogP contribution in [0.3, 0.4) is 0 Å². The average Bonchev–Trinajstić information content (AvgIpc) is 2.87. The summed E-state index contributed by atoms with van der Waals surface area (Å²) >= 11 is 0. The van der Waals surface area contributed by atoms with Crippen molar-refractivity contribution in [2.45, 2.75) is 32.6 Å². The minimum Gasteiger partial charge on any atom is -0.497 e. The molecule has 0 saturated heterocycles. The van der Waals surface area contributed by atoms with Gasteiger partial charge in [0.15, 0.2) is 0 Å². The van der Waals surface area contributed by atoms with Gasteiger partial charge in [0.05, 0.1) is 26.9 Å². The molecule has 0 bridgehead atoms. The van der Waals surface area contributed by atoms with Crippen LogP contribution in [-0.4, -0.2) is 33.0 Å². The first-order valence-electron chi connectivity index (χ1n) is 11.7. The number of carbonyl (C=O) groups is 1. The number of unbranched alkanes of at least 4 members (excludes halogenated alkanes) is 3. The standard InChI is InChI=1S/C28H33NO5/c1-3-32-26-18-12-24(13-19-26)29-28(30)34-21-7-5-4-6-20-33-27-16-10-23(11-17-27)22-8-14-25(31-2)15-9-22/h8-19H,3-7,20-21H2,1-2H3,(H,29,30). The average molecular weight is 464 g/mol. The lowest BCUT2D eigenvalue weighted by atomic mass is 10.1. The molecule has 0 atom stereocenters. The van der Waals surface area contributed by atoms with Crippen LogP contribution in [0.4, 0.5) is 10.5 Å². The monoisotopic (exact) mass is 463 g/mol. The Balaban J connectivity index is 1.24. The number of carbonyl (C=O) groups excluding carboxylic acids is 1. The minimum absolute atomic E-state index is 0.399. The third-order valence-corrected chi connectivity index (χ3v) is 5.23. The highest BCUT2D eigenvalue weighted by molar-refractivity contribution is 5.84. The summed E-state index contributed by atoms with van der Waals surface area (Å²) in [5.74, 6) is 2.49. The molecule has 180 valence electrons. The van der Waals surface area contributed by atoms with Gasteiger partial charge in [0.25, 0.3) is 0 Å². The predicted octanol–water partition coefficient (Wildman–Crippen LogP) is 6.95. The van der Waals surface area contributed by atoms with Crippen LogP contribution in [0, 0.1) is 0 Å². The molecule has 1 amide bonds. The minimum atomic E-state index is -0.439. The van der Waals surface area contributed by atoms with Gasteiger partial charge in [-0.05, 0) is 92.3 Å². The molecule has 0 aliphatic rings. The van der Waals surface area contributed by atoms with Crippen LogP contribution >= 0.6 is 0 Å². The Bertz CT molecular complexity index is 985. The van der Waals surface area contributed by atoms with Crippen molar-refractivity contribution in [1.82, 2.24) is 0 Å². The number of hydrogen-bond donors (Lipinski definition) is 1. The van der Waals surface area contributed by atoms with Crippen LogP contribution in [0.5, 0.6) is 17.2 Å². The Labute approximate surface area is 201 Å². The lowest BCUT2D eigenvalue weighted by molar-refractivity contribution is 0.158. The van der Waals surface area contributed by atoms with Crippen LogP contribution in [0.1, 0.15) is 32.6 Å². The topological polar surface area (TPSA) is 66.0 Å². The predicted molar refractivity (Wildman–Crippen MR) is 135 cm³/mol. The summed E-state index contributed by atoms with van der Waals surface area (Å²) in [4.78, 5) is 11.9. The Morgan fingerprint density at radius 2 is 1.21 bits per heavy atom. The van der Waals surface area contributed by atoms with Crippen molar-refractivity contribution in [3.63, 3.8) is 0 Å². The molecule has 0 radical (unpaired) electrons. The fourth-order valence-electron chi connectivity index (χ4n) is 3.39. The smallest absolute Gasteiger partial charge is 0.411 e. The third-order valence-electron chi connectivity index (χ3n) is 5.23. The molecule has 1 N–H and O–H groups in total. The van der Waals surface area contributed by atoms with E-state index in [0.29, 0.717) is 25.5 Å². The molecule has 0 aromatic heterocycles. The molecule has 0 aliphatic heterocycles. The number of ether oxygens (including phenoxy) is 4. The molecule has 3 rings (SSSR count). The van der Waals surface area contributed by atoms with E-state index in [1.54, 1.807) is 19.2 Å². The van der Waals surface area contributed by atoms with Crippen LogP contribution in [0.25, 0.3) is 11.1 Å². The highest BCUT2D eigenvalue weighted by atomic mass is 16.5.